The van der Waals surface area contributed by atoms with Gasteiger partial charge in [-0.05, 0) is 16.9 Å². The Bertz CT molecular complexity index is 389. The second-order valence-corrected chi connectivity index (χ2v) is 2.60. The van der Waals surface area contributed by atoms with Crippen LogP contribution in [0.2, 0.25) is 0 Å². The van der Waals surface area contributed by atoms with Crippen LogP contribution in [0.15, 0.2) is 24.3 Å². The van der Waals surface area contributed by atoms with Crippen molar-refractivity contribution in [2.45, 2.75) is 0 Å². The molecule has 0 aliphatic rings. The van der Waals surface area contributed by atoms with E-state index in [4.69, 9.17) is 0 Å². The molecule has 1 aromatic carbocycles. The fourth-order valence-corrected chi connectivity index (χ4v) is 1.20. The molecule has 0 radical (unpaired) electrons. The Morgan fingerprint density at radius 3 is 2.82 bits per heavy atom. The van der Waals surface area contributed by atoms with Crippen molar-refractivity contribution in [1.82, 2.24) is 9.90 Å². The lowest BCUT2D eigenvalue weighted by Crippen LogP contribution is -2.37. The quantitative estimate of drug-likeness (QED) is 0.495. The van der Waals surface area contributed by atoms with Gasteiger partial charge in [-0.2, -0.15) is 4.68 Å². The van der Waals surface area contributed by atoms with E-state index in [2.05, 4.69) is 11.2 Å². The molecule has 2 rings (SSSR count). The fourth-order valence-electron chi connectivity index (χ4n) is 1.20. The molecule has 0 atom stereocenters. The Labute approximate surface area is 64.8 Å². The molecular weight excluding hydrogens is 138 g/mol. The van der Waals surface area contributed by atoms with Crippen molar-refractivity contribution in [3.63, 3.8) is 0 Å². The molecule has 0 aliphatic carbocycles. The minimum atomic E-state index is 1.04. The summed E-state index contributed by atoms with van der Waals surface area (Å²) in [6, 6.07) is 8.08. The summed E-state index contributed by atoms with van der Waals surface area (Å²) in [4.78, 5) is 1.82. The average Bonchev–Trinajstić information content (AvgIpc) is 2.30. The van der Waals surface area contributed by atoms with E-state index >= 15 is 0 Å². The number of nitrogens with zero attached hydrogens (tertiary/aromatic N) is 3. The number of hydrogen-bond donors (Lipinski definition) is 0. The van der Waals surface area contributed by atoms with Crippen LogP contribution in [0.1, 0.15) is 0 Å². The molecular formula is C8H10N3+. The van der Waals surface area contributed by atoms with Crippen LogP contribution >= 0.6 is 0 Å². The molecule has 0 spiro atoms. The first-order chi connectivity index (χ1) is 5.29. The molecule has 3 heteroatoms. The molecule has 0 bridgehead atoms. The number of para-hydroxylation sites is 1. The first kappa shape index (κ1) is 6.34. The van der Waals surface area contributed by atoms with Crippen molar-refractivity contribution in [1.29, 1.82) is 0 Å². The number of aromatic nitrogens is 3. The van der Waals surface area contributed by atoms with Crippen LogP contribution < -0.4 is 4.68 Å². The molecule has 0 fully saturated rings. The monoisotopic (exact) mass is 148 g/mol. The van der Waals surface area contributed by atoms with Gasteiger partial charge in [-0.15, -0.1) is 0 Å². The average molecular weight is 148 g/mol. The van der Waals surface area contributed by atoms with Gasteiger partial charge in [-0.3, -0.25) is 0 Å². The van der Waals surface area contributed by atoms with E-state index < -0.39 is 0 Å². The van der Waals surface area contributed by atoms with Crippen molar-refractivity contribution in [2.75, 3.05) is 0 Å². The van der Waals surface area contributed by atoms with Crippen LogP contribution in [0.4, 0.5) is 0 Å². The highest BCUT2D eigenvalue weighted by atomic mass is 15.5. The molecule has 1 aromatic heterocycles. The van der Waals surface area contributed by atoms with E-state index in [1.165, 1.54) is 0 Å². The molecule has 0 aliphatic heterocycles. The Morgan fingerprint density at radius 1 is 1.36 bits per heavy atom. The number of hydrogen-bond acceptors (Lipinski definition) is 1. The van der Waals surface area contributed by atoms with E-state index in [9.17, 15) is 0 Å². The van der Waals surface area contributed by atoms with Gasteiger partial charge in [-0.1, -0.05) is 12.1 Å². The first-order valence-electron chi connectivity index (χ1n) is 3.57. The Morgan fingerprint density at radius 2 is 2.09 bits per heavy atom. The van der Waals surface area contributed by atoms with Gasteiger partial charge in [0, 0.05) is 5.10 Å². The van der Waals surface area contributed by atoms with Crippen molar-refractivity contribution in [2.24, 2.45) is 14.1 Å². The van der Waals surface area contributed by atoms with Crippen LogP contribution in [0, 0.1) is 0 Å². The van der Waals surface area contributed by atoms with Crippen LogP contribution in [0.5, 0.6) is 0 Å². The number of aryl methyl sites for hydroxylation is 2. The van der Waals surface area contributed by atoms with E-state index in [1.807, 2.05) is 41.8 Å². The first-order valence-corrected chi connectivity index (χ1v) is 3.57. The largest absolute Gasteiger partial charge is 0.249 e. The zero-order valence-electron chi connectivity index (χ0n) is 6.65. The Balaban J connectivity index is 2.92. The summed E-state index contributed by atoms with van der Waals surface area (Å²) < 4.78 is 2.01. The van der Waals surface area contributed by atoms with Gasteiger partial charge in [0.15, 0.2) is 0 Å². The SMILES string of the molecule is Cn1nc2ccccc2[n+]1C. The zero-order valence-corrected chi connectivity index (χ0v) is 6.65. The summed E-state index contributed by atoms with van der Waals surface area (Å²) in [6.07, 6.45) is 0. The van der Waals surface area contributed by atoms with Crippen LogP contribution in [-0.2, 0) is 14.1 Å². The summed E-state index contributed by atoms with van der Waals surface area (Å²) in [7, 11) is 3.93. The van der Waals surface area contributed by atoms with Crippen LogP contribution in [0.25, 0.3) is 11.0 Å². The fraction of sp³-hybridized carbons (Fsp3) is 0.250. The second kappa shape index (κ2) is 2.05. The van der Waals surface area contributed by atoms with E-state index in [-0.39, 0.29) is 0 Å². The lowest BCUT2D eigenvalue weighted by atomic mass is 10.3. The van der Waals surface area contributed by atoms with Crippen LogP contribution in [-0.4, -0.2) is 9.90 Å². The minimum absolute atomic E-state index is 1.04. The summed E-state index contributed by atoms with van der Waals surface area (Å²) in [5.74, 6) is 0. The normalized spacial score (nSPS) is 10.7. The molecule has 1 heterocycles. The van der Waals surface area contributed by atoms with Gasteiger partial charge in [0.1, 0.15) is 7.05 Å². The highest BCUT2D eigenvalue weighted by Gasteiger charge is 2.09. The lowest BCUT2D eigenvalue weighted by molar-refractivity contribution is -0.733. The summed E-state index contributed by atoms with van der Waals surface area (Å²) in [6.45, 7) is 0. The summed E-state index contributed by atoms with van der Waals surface area (Å²) in [5, 5.41) is 4.29. The van der Waals surface area contributed by atoms with Gasteiger partial charge in [-0.25, -0.2) is 0 Å². The Kier molecular flexibility index (Phi) is 1.18. The second-order valence-electron chi connectivity index (χ2n) is 2.60. The van der Waals surface area contributed by atoms with Crippen molar-refractivity contribution < 1.29 is 4.68 Å². The van der Waals surface area contributed by atoms with E-state index in [0.29, 0.717) is 0 Å². The third-order valence-electron chi connectivity index (χ3n) is 1.92. The highest BCUT2D eigenvalue weighted by Crippen LogP contribution is 2.03. The topological polar surface area (TPSA) is 21.7 Å². The van der Waals surface area contributed by atoms with Gasteiger partial charge in [0.2, 0.25) is 11.0 Å². The maximum Gasteiger partial charge on any atom is 0.249 e. The zero-order chi connectivity index (χ0) is 7.84. The van der Waals surface area contributed by atoms with E-state index in [1.54, 1.807) is 0 Å². The van der Waals surface area contributed by atoms with Gasteiger partial charge >= 0.3 is 0 Å². The summed E-state index contributed by atoms with van der Waals surface area (Å²) >= 11 is 0. The minimum Gasteiger partial charge on any atom is -0.156 e. The van der Waals surface area contributed by atoms with E-state index in [0.717, 1.165) is 11.0 Å². The molecule has 3 nitrogen and oxygen atoms in total. The standard InChI is InChI=1S/C8H10N3/c1-10-8-6-4-3-5-7(8)9-11(10)2/h3-6H,1-2H3/q+1. The third kappa shape index (κ3) is 0.808. The third-order valence-corrected chi connectivity index (χ3v) is 1.92. The molecule has 2 aromatic rings. The molecule has 0 saturated carbocycles. The van der Waals surface area contributed by atoms with Crippen LogP contribution in [0.3, 0.4) is 0 Å². The molecule has 0 amide bonds. The molecule has 0 saturated heterocycles. The van der Waals surface area contributed by atoms with Gasteiger partial charge in [0.25, 0.3) is 0 Å². The maximum atomic E-state index is 4.29. The van der Waals surface area contributed by atoms with Gasteiger partial charge in [0.05, 0.1) is 7.05 Å². The molecule has 0 N–H and O–H groups in total. The number of rotatable bonds is 0. The predicted octanol–water partition coefficient (Wildman–Crippen LogP) is 0.398. The predicted molar refractivity (Wildman–Crippen MR) is 41.9 cm³/mol. The number of fused-ring (bicyclic) bond motifs is 1. The van der Waals surface area contributed by atoms with Crippen molar-refractivity contribution >= 4 is 11.0 Å². The number of benzene rings is 1. The van der Waals surface area contributed by atoms with Gasteiger partial charge < -0.3 is 0 Å². The Hall–Kier alpha value is -1.38. The highest BCUT2D eigenvalue weighted by molar-refractivity contribution is 5.69. The van der Waals surface area contributed by atoms with Crippen molar-refractivity contribution in [3.05, 3.63) is 24.3 Å². The lowest BCUT2D eigenvalue weighted by Gasteiger charge is -1.85. The molecule has 0 unspecified atom stereocenters. The molecule has 56 valence electrons. The summed E-state index contributed by atoms with van der Waals surface area (Å²) in [5.41, 5.74) is 2.20. The maximum absolute atomic E-state index is 4.29. The van der Waals surface area contributed by atoms with Crippen molar-refractivity contribution in [3.8, 4) is 0 Å². The smallest absolute Gasteiger partial charge is 0.156 e. The molecule has 11 heavy (non-hydrogen) atoms.